The SMILES string of the molecule is Fc1cc(F)cc(COc2cc(-c3cncnc3)c3c(n2)CCC3)c1. The van der Waals surface area contributed by atoms with Crippen LogP contribution in [-0.4, -0.2) is 15.0 Å². The summed E-state index contributed by atoms with van der Waals surface area (Å²) in [6.45, 7) is 0.0468. The fourth-order valence-electron chi connectivity index (χ4n) is 3.14. The van der Waals surface area contributed by atoms with E-state index in [1.807, 2.05) is 6.07 Å². The Balaban J connectivity index is 1.64. The number of halogens is 2. The summed E-state index contributed by atoms with van der Waals surface area (Å²) in [6.07, 6.45) is 7.89. The Bertz CT molecular complexity index is 896. The maximum Gasteiger partial charge on any atom is 0.214 e. The van der Waals surface area contributed by atoms with Crippen molar-refractivity contribution in [3.05, 3.63) is 71.4 Å². The van der Waals surface area contributed by atoms with E-state index in [4.69, 9.17) is 4.74 Å². The summed E-state index contributed by atoms with van der Waals surface area (Å²) in [5.41, 5.74) is 4.53. The number of ether oxygens (including phenoxy) is 1. The van der Waals surface area contributed by atoms with Crippen LogP contribution in [-0.2, 0) is 19.4 Å². The molecule has 0 fully saturated rings. The van der Waals surface area contributed by atoms with Gasteiger partial charge in [0.2, 0.25) is 5.88 Å². The lowest BCUT2D eigenvalue weighted by Gasteiger charge is -2.12. The first-order valence-electron chi connectivity index (χ1n) is 8.05. The first-order chi connectivity index (χ1) is 12.2. The van der Waals surface area contributed by atoms with E-state index in [0.29, 0.717) is 11.4 Å². The van der Waals surface area contributed by atoms with Gasteiger partial charge in [0, 0.05) is 35.8 Å². The summed E-state index contributed by atoms with van der Waals surface area (Å²) in [5.74, 6) is -0.811. The third kappa shape index (κ3) is 3.33. The predicted octanol–water partition coefficient (Wildman–Crippen LogP) is 3.88. The second-order valence-corrected chi connectivity index (χ2v) is 5.98. The molecule has 0 saturated heterocycles. The van der Waals surface area contributed by atoms with Crippen LogP contribution in [0.5, 0.6) is 5.88 Å². The molecule has 0 atom stereocenters. The van der Waals surface area contributed by atoms with Crippen LogP contribution in [0.2, 0.25) is 0 Å². The zero-order valence-corrected chi connectivity index (χ0v) is 13.4. The smallest absolute Gasteiger partial charge is 0.214 e. The van der Waals surface area contributed by atoms with Gasteiger partial charge in [0.25, 0.3) is 0 Å². The quantitative estimate of drug-likeness (QED) is 0.724. The van der Waals surface area contributed by atoms with Crippen LogP contribution >= 0.6 is 0 Å². The van der Waals surface area contributed by atoms with Gasteiger partial charge in [-0.1, -0.05) is 0 Å². The van der Waals surface area contributed by atoms with Gasteiger partial charge < -0.3 is 4.74 Å². The number of aromatic nitrogens is 3. The van der Waals surface area contributed by atoms with Crippen molar-refractivity contribution in [1.82, 2.24) is 15.0 Å². The van der Waals surface area contributed by atoms with Gasteiger partial charge in [-0.3, -0.25) is 0 Å². The number of pyridine rings is 1. The fraction of sp³-hybridized carbons (Fsp3) is 0.211. The van der Waals surface area contributed by atoms with Gasteiger partial charge >= 0.3 is 0 Å². The van der Waals surface area contributed by atoms with Crippen molar-refractivity contribution in [3.63, 3.8) is 0 Å². The van der Waals surface area contributed by atoms with E-state index in [2.05, 4.69) is 15.0 Å². The Morgan fingerprint density at radius 2 is 1.72 bits per heavy atom. The summed E-state index contributed by atoms with van der Waals surface area (Å²) < 4.78 is 32.3. The molecule has 0 saturated carbocycles. The molecule has 1 aliphatic rings. The lowest BCUT2D eigenvalue weighted by molar-refractivity contribution is 0.292. The molecule has 126 valence electrons. The molecule has 4 nitrogen and oxygen atoms in total. The van der Waals surface area contributed by atoms with Crippen LogP contribution in [0.3, 0.4) is 0 Å². The van der Waals surface area contributed by atoms with Crippen molar-refractivity contribution in [3.8, 4) is 17.0 Å². The standard InChI is InChI=1S/C19H15F2N3O/c20-14-4-12(5-15(21)6-14)10-25-19-7-17(13-8-22-11-23-9-13)16-2-1-3-18(16)24-19/h4-9,11H,1-3,10H2. The number of rotatable bonds is 4. The summed E-state index contributed by atoms with van der Waals surface area (Å²) in [4.78, 5) is 12.7. The predicted molar refractivity (Wildman–Crippen MR) is 88.0 cm³/mol. The molecule has 0 spiro atoms. The molecule has 6 heteroatoms. The van der Waals surface area contributed by atoms with Crippen LogP contribution < -0.4 is 4.74 Å². The monoisotopic (exact) mass is 339 g/mol. The number of nitrogens with zero attached hydrogens (tertiary/aromatic N) is 3. The lowest BCUT2D eigenvalue weighted by Crippen LogP contribution is -2.02. The van der Waals surface area contributed by atoms with E-state index in [1.165, 1.54) is 24.0 Å². The van der Waals surface area contributed by atoms with Crippen molar-refractivity contribution < 1.29 is 13.5 Å². The Morgan fingerprint density at radius 1 is 0.960 bits per heavy atom. The molecule has 0 N–H and O–H groups in total. The number of hydrogen-bond acceptors (Lipinski definition) is 4. The van der Waals surface area contributed by atoms with Gasteiger partial charge in [-0.2, -0.15) is 0 Å². The fourth-order valence-corrected chi connectivity index (χ4v) is 3.14. The molecule has 4 rings (SSSR count). The maximum atomic E-state index is 13.3. The Kier molecular flexibility index (Phi) is 4.09. The van der Waals surface area contributed by atoms with Crippen LogP contribution in [0.25, 0.3) is 11.1 Å². The van der Waals surface area contributed by atoms with Crippen LogP contribution in [0.4, 0.5) is 8.78 Å². The molecule has 3 aromatic rings. The average molecular weight is 339 g/mol. The minimum atomic E-state index is -0.623. The van der Waals surface area contributed by atoms with Crippen LogP contribution in [0.15, 0.2) is 43.0 Å². The first-order valence-corrected chi connectivity index (χ1v) is 8.05. The highest BCUT2D eigenvalue weighted by Crippen LogP contribution is 2.33. The maximum absolute atomic E-state index is 13.3. The zero-order chi connectivity index (χ0) is 17.2. The number of fused-ring (bicyclic) bond motifs is 1. The zero-order valence-electron chi connectivity index (χ0n) is 13.4. The molecule has 0 bridgehead atoms. The molecule has 0 radical (unpaired) electrons. The largest absolute Gasteiger partial charge is 0.473 e. The van der Waals surface area contributed by atoms with E-state index in [9.17, 15) is 8.78 Å². The first kappa shape index (κ1) is 15.6. The topological polar surface area (TPSA) is 47.9 Å². The highest BCUT2D eigenvalue weighted by atomic mass is 19.1. The molecule has 2 aromatic heterocycles. The van der Waals surface area contributed by atoms with Crippen molar-refractivity contribution in [1.29, 1.82) is 0 Å². The summed E-state index contributed by atoms with van der Waals surface area (Å²) in [5, 5.41) is 0. The summed E-state index contributed by atoms with van der Waals surface area (Å²) in [6, 6.07) is 5.19. The highest BCUT2D eigenvalue weighted by Gasteiger charge is 2.19. The van der Waals surface area contributed by atoms with Crippen molar-refractivity contribution in [2.45, 2.75) is 25.9 Å². The lowest BCUT2D eigenvalue weighted by atomic mass is 10.0. The molecular formula is C19H15F2N3O. The Labute approximate surface area is 143 Å². The Morgan fingerprint density at radius 3 is 2.48 bits per heavy atom. The Hall–Kier alpha value is -2.89. The molecule has 2 heterocycles. The second kappa shape index (κ2) is 6.55. The van der Waals surface area contributed by atoms with Crippen molar-refractivity contribution >= 4 is 0 Å². The molecule has 0 aliphatic heterocycles. The van der Waals surface area contributed by atoms with E-state index < -0.39 is 11.6 Å². The van der Waals surface area contributed by atoms with Gasteiger partial charge in [0.05, 0.1) is 0 Å². The molecule has 25 heavy (non-hydrogen) atoms. The van der Waals surface area contributed by atoms with Gasteiger partial charge in [-0.05, 0) is 48.1 Å². The second-order valence-electron chi connectivity index (χ2n) is 5.98. The van der Waals surface area contributed by atoms with E-state index in [0.717, 1.165) is 42.1 Å². The third-order valence-electron chi connectivity index (χ3n) is 4.21. The molecule has 1 aromatic carbocycles. The summed E-state index contributed by atoms with van der Waals surface area (Å²) in [7, 11) is 0. The number of benzene rings is 1. The molecule has 1 aliphatic carbocycles. The van der Waals surface area contributed by atoms with Gasteiger partial charge in [-0.25, -0.2) is 23.7 Å². The number of aryl methyl sites for hydroxylation is 1. The minimum absolute atomic E-state index is 0.0468. The minimum Gasteiger partial charge on any atom is -0.473 e. The van der Waals surface area contributed by atoms with Gasteiger partial charge in [-0.15, -0.1) is 0 Å². The highest BCUT2D eigenvalue weighted by molar-refractivity contribution is 5.68. The van der Waals surface area contributed by atoms with E-state index >= 15 is 0 Å². The average Bonchev–Trinajstić information content (AvgIpc) is 3.08. The van der Waals surface area contributed by atoms with Crippen LogP contribution in [0, 0.1) is 11.6 Å². The number of hydrogen-bond donors (Lipinski definition) is 0. The van der Waals surface area contributed by atoms with Crippen LogP contribution in [0.1, 0.15) is 23.2 Å². The molecule has 0 amide bonds. The molecule has 0 unspecified atom stereocenters. The van der Waals surface area contributed by atoms with Crippen molar-refractivity contribution in [2.75, 3.05) is 0 Å². The van der Waals surface area contributed by atoms with Gasteiger partial charge in [0.1, 0.15) is 24.6 Å². The molecular weight excluding hydrogens is 324 g/mol. The van der Waals surface area contributed by atoms with E-state index in [1.54, 1.807) is 12.4 Å². The summed E-state index contributed by atoms with van der Waals surface area (Å²) >= 11 is 0. The third-order valence-corrected chi connectivity index (χ3v) is 4.21. The van der Waals surface area contributed by atoms with E-state index in [-0.39, 0.29) is 6.61 Å². The van der Waals surface area contributed by atoms with Gasteiger partial charge in [0.15, 0.2) is 0 Å². The van der Waals surface area contributed by atoms with Crippen molar-refractivity contribution in [2.24, 2.45) is 0 Å². The normalized spacial score (nSPS) is 12.9.